The average Bonchev–Trinajstić information content (AvgIpc) is 3.70. The van der Waals surface area contributed by atoms with Gasteiger partial charge in [0.25, 0.3) is 0 Å². The smallest absolute Gasteiger partial charge is 0.193 e. The molecule has 4 aromatic carbocycles. The topological polar surface area (TPSA) is 115 Å². The molecule has 0 amide bonds. The summed E-state index contributed by atoms with van der Waals surface area (Å²) in [6.07, 6.45) is 0. The molecule has 0 fully saturated rings. The van der Waals surface area contributed by atoms with Crippen molar-refractivity contribution < 1.29 is 17.6 Å². The highest BCUT2D eigenvalue weighted by Gasteiger charge is 2.22. The SMILES string of the molecule is Fc1cccc(F)c1CN(Cc1nn[nH]n1)c1ccc(N(Cc2nn[nH]n2)Cc2c(F)cccc2F)c2ccccc12. The standard InChI is InChI=1S/C28H22F4N10/c29-21-7-3-8-22(30)19(21)13-41(15-27-33-37-38-34-27)25-11-12-26(18-6-2-1-5-17(18)25)42(16-28-35-39-40-36-28)14-20-23(31)9-4-10-24(20)32/h1-12H,13-16H2,(H,33,34,37,38)(H,35,36,39,40). The molecule has 0 saturated heterocycles. The fraction of sp³-hybridized carbons (Fsp3) is 0.143. The van der Waals surface area contributed by atoms with Crippen LogP contribution in [0.4, 0.5) is 28.9 Å². The van der Waals surface area contributed by atoms with Gasteiger partial charge in [0.2, 0.25) is 0 Å². The van der Waals surface area contributed by atoms with Gasteiger partial charge in [-0.2, -0.15) is 10.4 Å². The van der Waals surface area contributed by atoms with E-state index in [-0.39, 0.29) is 37.3 Å². The Hall–Kier alpha value is -5.40. The van der Waals surface area contributed by atoms with Crippen LogP contribution in [0.25, 0.3) is 10.8 Å². The van der Waals surface area contributed by atoms with Gasteiger partial charge in [0.15, 0.2) is 11.6 Å². The molecule has 0 aliphatic rings. The number of aromatic amines is 2. The second-order valence-electron chi connectivity index (χ2n) is 9.42. The van der Waals surface area contributed by atoms with E-state index >= 15 is 0 Å². The van der Waals surface area contributed by atoms with Gasteiger partial charge in [-0.3, -0.25) is 0 Å². The normalized spacial score (nSPS) is 11.2. The third-order valence-electron chi connectivity index (χ3n) is 6.82. The van der Waals surface area contributed by atoms with Crippen LogP contribution in [0, 0.1) is 23.3 Å². The van der Waals surface area contributed by atoms with Crippen LogP contribution in [0.2, 0.25) is 0 Å². The summed E-state index contributed by atoms with van der Waals surface area (Å²) in [6, 6.07) is 18.3. The molecule has 0 saturated carbocycles. The Labute approximate surface area is 236 Å². The zero-order chi connectivity index (χ0) is 29.1. The van der Waals surface area contributed by atoms with Crippen molar-refractivity contribution in [3.63, 3.8) is 0 Å². The molecule has 0 aliphatic heterocycles. The summed E-state index contributed by atoms with van der Waals surface area (Å²) in [5.41, 5.74) is 1.00. The molecule has 14 heteroatoms. The third-order valence-corrected chi connectivity index (χ3v) is 6.82. The van der Waals surface area contributed by atoms with E-state index in [4.69, 9.17) is 0 Å². The monoisotopic (exact) mass is 574 g/mol. The molecule has 0 spiro atoms. The van der Waals surface area contributed by atoms with E-state index in [9.17, 15) is 17.6 Å². The van der Waals surface area contributed by atoms with Crippen LogP contribution < -0.4 is 9.80 Å². The number of benzene rings is 4. The van der Waals surface area contributed by atoms with E-state index in [1.54, 1.807) is 21.9 Å². The Balaban J connectivity index is 1.46. The molecule has 0 unspecified atom stereocenters. The highest BCUT2D eigenvalue weighted by molar-refractivity contribution is 6.02. The van der Waals surface area contributed by atoms with Gasteiger partial charge < -0.3 is 9.80 Å². The van der Waals surface area contributed by atoms with Gasteiger partial charge in [0.1, 0.15) is 23.3 Å². The minimum atomic E-state index is -0.688. The van der Waals surface area contributed by atoms with Gasteiger partial charge in [0.05, 0.1) is 13.1 Å². The van der Waals surface area contributed by atoms with Gasteiger partial charge in [-0.05, 0) is 36.4 Å². The van der Waals surface area contributed by atoms with Crippen molar-refractivity contribution in [1.82, 2.24) is 41.2 Å². The van der Waals surface area contributed by atoms with Gasteiger partial charge >= 0.3 is 0 Å². The molecule has 0 atom stereocenters. The number of nitrogens with one attached hydrogen (secondary N) is 2. The molecule has 0 radical (unpaired) electrons. The Morgan fingerprint density at radius 1 is 0.500 bits per heavy atom. The van der Waals surface area contributed by atoms with Crippen LogP contribution in [-0.4, -0.2) is 41.2 Å². The van der Waals surface area contributed by atoms with Crippen LogP contribution in [0.3, 0.4) is 0 Å². The molecule has 2 N–H and O–H groups in total. The van der Waals surface area contributed by atoms with Crippen LogP contribution in [-0.2, 0) is 26.2 Å². The van der Waals surface area contributed by atoms with Crippen molar-refractivity contribution >= 4 is 22.1 Å². The summed E-state index contributed by atoms with van der Waals surface area (Å²) in [5.74, 6) is -2.12. The lowest BCUT2D eigenvalue weighted by Gasteiger charge is -2.29. The number of H-pyrrole nitrogens is 2. The number of hydrogen-bond acceptors (Lipinski definition) is 8. The summed E-state index contributed by atoms with van der Waals surface area (Å²) >= 11 is 0. The molecule has 2 heterocycles. The maximum atomic E-state index is 14.7. The molecular weight excluding hydrogens is 552 g/mol. The first-order valence-electron chi connectivity index (χ1n) is 12.8. The number of anilines is 2. The van der Waals surface area contributed by atoms with Crippen molar-refractivity contribution in [1.29, 1.82) is 0 Å². The molecule has 42 heavy (non-hydrogen) atoms. The van der Waals surface area contributed by atoms with Gasteiger partial charge in [-0.15, -0.1) is 20.4 Å². The summed E-state index contributed by atoms with van der Waals surface area (Å²) < 4.78 is 59.0. The second kappa shape index (κ2) is 11.6. The molecular formula is C28H22F4N10. The molecule has 212 valence electrons. The Morgan fingerprint density at radius 2 is 0.905 bits per heavy atom. The van der Waals surface area contributed by atoms with E-state index < -0.39 is 23.3 Å². The first kappa shape index (κ1) is 26.8. The van der Waals surface area contributed by atoms with E-state index in [1.165, 1.54) is 36.4 Å². The van der Waals surface area contributed by atoms with Crippen molar-refractivity contribution in [3.8, 4) is 0 Å². The summed E-state index contributed by atoms with van der Waals surface area (Å²) in [4.78, 5) is 3.47. The molecule has 2 aromatic heterocycles. The number of halogens is 4. The lowest BCUT2D eigenvalue weighted by Crippen LogP contribution is -2.26. The minimum Gasteiger partial charge on any atom is -0.359 e. The van der Waals surface area contributed by atoms with E-state index in [1.807, 2.05) is 24.3 Å². The molecule has 10 nitrogen and oxygen atoms in total. The predicted molar refractivity (Wildman–Crippen MR) is 145 cm³/mol. The van der Waals surface area contributed by atoms with Crippen molar-refractivity contribution in [2.75, 3.05) is 9.80 Å². The Bertz CT molecular complexity index is 1640. The molecule has 6 rings (SSSR count). The van der Waals surface area contributed by atoms with Gasteiger partial charge in [-0.25, -0.2) is 17.6 Å². The average molecular weight is 575 g/mol. The highest BCUT2D eigenvalue weighted by atomic mass is 19.1. The third kappa shape index (κ3) is 5.46. The zero-order valence-corrected chi connectivity index (χ0v) is 21.8. The fourth-order valence-electron chi connectivity index (χ4n) is 4.86. The number of aromatic nitrogens is 8. The number of hydrogen-bond donors (Lipinski definition) is 2. The molecule has 6 aromatic rings. The lowest BCUT2D eigenvalue weighted by molar-refractivity contribution is 0.547. The number of fused-ring (bicyclic) bond motifs is 1. The van der Waals surface area contributed by atoms with Crippen molar-refractivity contribution in [3.05, 3.63) is 119 Å². The molecule has 0 bridgehead atoms. The predicted octanol–water partition coefficient (Wildman–Crippen LogP) is 4.84. The van der Waals surface area contributed by atoms with Gasteiger partial charge in [-0.1, -0.05) is 46.8 Å². The van der Waals surface area contributed by atoms with Gasteiger partial charge in [0, 0.05) is 46.4 Å². The second-order valence-corrected chi connectivity index (χ2v) is 9.42. The maximum absolute atomic E-state index is 14.7. The maximum Gasteiger partial charge on any atom is 0.193 e. The van der Waals surface area contributed by atoms with Crippen LogP contribution >= 0.6 is 0 Å². The van der Waals surface area contributed by atoms with E-state index in [0.29, 0.717) is 33.8 Å². The Morgan fingerprint density at radius 3 is 1.26 bits per heavy atom. The van der Waals surface area contributed by atoms with E-state index in [0.717, 1.165) is 0 Å². The van der Waals surface area contributed by atoms with Crippen LogP contribution in [0.1, 0.15) is 22.8 Å². The Kier molecular flexibility index (Phi) is 7.41. The van der Waals surface area contributed by atoms with Crippen LogP contribution in [0.15, 0.2) is 72.8 Å². The van der Waals surface area contributed by atoms with Crippen molar-refractivity contribution in [2.24, 2.45) is 0 Å². The first-order chi connectivity index (χ1) is 20.5. The number of tetrazole rings is 2. The zero-order valence-electron chi connectivity index (χ0n) is 21.8. The van der Waals surface area contributed by atoms with E-state index in [2.05, 4.69) is 41.2 Å². The van der Waals surface area contributed by atoms with Crippen LogP contribution in [0.5, 0.6) is 0 Å². The minimum absolute atomic E-state index is 0.0840. The fourth-order valence-corrected chi connectivity index (χ4v) is 4.86. The molecule has 0 aliphatic carbocycles. The largest absolute Gasteiger partial charge is 0.359 e. The summed E-state index contributed by atoms with van der Waals surface area (Å²) in [6.45, 7) is -0.103. The summed E-state index contributed by atoms with van der Waals surface area (Å²) in [5, 5.41) is 29.5. The quantitative estimate of drug-likeness (QED) is 0.224. The number of nitrogens with zero attached hydrogens (tertiary/aromatic N) is 8. The number of rotatable bonds is 10. The lowest BCUT2D eigenvalue weighted by atomic mass is 10.0. The highest BCUT2D eigenvalue weighted by Crippen LogP contribution is 2.37. The van der Waals surface area contributed by atoms with Crippen molar-refractivity contribution in [2.45, 2.75) is 26.2 Å². The first-order valence-corrected chi connectivity index (χ1v) is 12.8. The summed E-state index contributed by atoms with van der Waals surface area (Å²) in [7, 11) is 0.